The van der Waals surface area contributed by atoms with Crippen LogP contribution >= 0.6 is 11.6 Å². The fourth-order valence-corrected chi connectivity index (χ4v) is 4.92. The minimum atomic E-state index is -3.28. The predicted molar refractivity (Wildman–Crippen MR) is 101 cm³/mol. The molecule has 132 valence electrons. The van der Waals surface area contributed by atoms with Crippen LogP contribution < -0.4 is 9.62 Å². The zero-order valence-electron chi connectivity index (χ0n) is 14.0. The van der Waals surface area contributed by atoms with Gasteiger partial charge in [-0.3, -0.25) is 9.10 Å². The van der Waals surface area contributed by atoms with Crippen molar-refractivity contribution in [3.05, 3.63) is 58.1 Å². The van der Waals surface area contributed by atoms with Gasteiger partial charge in [-0.05, 0) is 55.7 Å². The lowest BCUT2D eigenvalue weighted by Crippen LogP contribution is -2.25. The molecule has 2 aromatic carbocycles. The van der Waals surface area contributed by atoms with Crippen LogP contribution in [0.1, 0.15) is 27.9 Å². The van der Waals surface area contributed by atoms with E-state index in [4.69, 9.17) is 11.6 Å². The molecule has 0 spiro atoms. The average Bonchev–Trinajstić information content (AvgIpc) is 2.90. The standard InChI is InChI=1S/C18H19ClN2O3S/c1-12-9-13(2)17(16(19)10-12)20-18(22)14-5-3-6-15(11-14)21-7-4-8-25(21,23)24/h3,5-6,9-11H,4,7-8H2,1-2H3,(H,20,22). The third kappa shape index (κ3) is 3.65. The molecule has 1 fully saturated rings. The summed E-state index contributed by atoms with van der Waals surface area (Å²) in [6.45, 7) is 4.25. The number of benzene rings is 2. The Morgan fingerprint density at radius 2 is 1.96 bits per heavy atom. The van der Waals surface area contributed by atoms with Gasteiger partial charge in [0.1, 0.15) is 0 Å². The highest BCUT2D eigenvalue weighted by molar-refractivity contribution is 7.93. The van der Waals surface area contributed by atoms with Gasteiger partial charge in [0.2, 0.25) is 10.0 Å². The Balaban J connectivity index is 1.88. The quantitative estimate of drug-likeness (QED) is 0.884. The van der Waals surface area contributed by atoms with Crippen molar-refractivity contribution in [3.63, 3.8) is 0 Å². The normalized spacial score (nSPS) is 16.0. The van der Waals surface area contributed by atoms with Gasteiger partial charge in [-0.2, -0.15) is 0 Å². The van der Waals surface area contributed by atoms with Crippen molar-refractivity contribution in [1.82, 2.24) is 0 Å². The highest BCUT2D eigenvalue weighted by atomic mass is 35.5. The second-order valence-corrected chi connectivity index (χ2v) is 8.60. The monoisotopic (exact) mass is 378 g/mol. The molecule has 0 bridgehead atoms. The van der Waals surface area contributed by atoms with E-state index in [1.54, 1.807) is 30.3 Å². The number of sulfonamides is 1. The van der Waals surface area contributed by atoms with Crippen molar-refractivity contribution < 1.29 is 13.2 Å². The molecule has 0 aromatic heterocycles. The van der Waals surface area contributed by atoms with Crippen molar-refractivity contribution in [2.45, 2.75) is 20.3 Å². The molecule has 2 aromatic rings. The maximum atomic E-state index is 12.6. The molecular weight excluding hydrogens is 360 g/mol. The number of nitrogens with one attached hydrogen (secondary N) is 1. The SMILES string of the molecule is Cc1cc(C)c(NC(=O)c2cccc(N3CCCS3(=O)=O)c2)c(Cl)c1. The molecule has 0 atom stereocenters. The first-order chi connectivity index (χ1) is 11.8. The van der Waals surface area contributed by atoms with E-state index in [0.29, 0.717) is 34.9 Å². The third-order valence-corrected chi connectivity index (χ3v) is 6.33. The van der Waals surface area contributed by atoms with Gasteiger partial charge in [0.25, 0.3) is 5.91 Å². The number of carbonyl (C=O) groups excluding carboxylic acids is 1. The second-order valence-electron chi connectivity index (χ2n) is 6.18. The lowest BCUT2D eigenvalue weighted by Gasteiger charge is -2.18. The van der Waals surface area contributed by atoms with Crippen molar-refractivity contribution >= 4 is 38.9 Å². The van der Waals surface area contributed by atoms with E-state index in [-0.39, 0.29) is 11.7 Å². The number of amides is 1. The summed E-state index contributed by atoms with van der Waals surface area (Å²) < 4.78 is 25.5. The Kier molecular flexibility index (Phi) is 4.75. The van der Waals surface area contributed by atoms with Crippen LogP contribution in [-0.2, 0) is 10.0 Å². The summed E-state index contributed by atoms with van der Waals surface area (Å²) in [5, 5.41) is 3.30. The molecule has 0 saturated carbocycles. The largest absolute Gasteiger partial charge is 0.320 e. The summed E-state index contributed by atoms with van der Waals surface area (Å²) in [6, 6.07) is 10.4. The Morgan fingerprint density at radius 3 is 2.60 bits per heavy atom. The molecule has 1 aliphatic rings. The van der Waals surface area contributed by atoms with Crippen molar-refractivity contribution in [2.24, 2.45) is 0 Å². The molecule has 1 amide bonds. The number of halogens is 1. The number of anilines is 2. The molecule has 1 saturated heterocycles. The van der Waals surface area contributed by atoms with Gasteiger partial charge in [0, 0.05) is 12.1 Å². The highest BCUT2D eigenvalue weighted by Gasteiger charge is 2.28. The molecule has 5 nitrogen and oxygen atoms in total. The van der Waals surface area contributed by atoms with Crippen LogP contribution in [-0.4, -0.2) is 26.6 Å². The minimum Gasteiger partial charge on any atom is -0.320 e. The summed E-state index contributed by atoms with van der Waals surface area (Å²) in [6.07, 6.45) is 0.594. The first-order valence-electron chi connectivity index (χ1n) is 7.96. The molecular formula is C18H19ClN2O3S. The van der Waals surface area contributed by atoms with Gasteiger partial charge < -0.3 is 5.32 Å². The number of aryl methyl sites for hydroxylation is 2. The first-order valence-corrected chi connectivity index (χ1v) is 9.95. The topological polar surface area (TPSA) is 66.5 Å². The van der Waals surface area contributed by atoms with Crippen molar-refractivity contribution in [1.29, 1.82) is 0 Å². The van der Waals surface area contributed by atoms with Gasteiger partial charge in [-0.15, -0.1) is 0 Å². The zero-order chi connectivity index (χ0) is 18.2. The summed E-state index contributed by atoms with van der Waals surface area (Å²) >= 11 is 6.24. The van der Waals surface area contributed by atoms with Crippen LogP contribution in [0.2, 0.25) is 5.02 Å². The van der Waals surface area contributed by atoms with Gasteiger partial charge >= 0.3 is 0 Å². The minimum absolute atomic E-state index is 0.140. The molecule has 0 aliphatic carbocycles. The van der Waals surface area contributed by atoms with E-state index in [9.17, 15) is 13.2 Å². The maximum absolute atomic E-state index is 12.6. The fourth-order valence-electron chi connectivity index (χ4n) is 2.99. The van der Waals surface area contributed by atoms with Gasteiger partial charge in [-0.1, -0.05) is 23.7 Å². The zero-order valence-corrected chi connectivity index (χ0v) is 15.6. The average molecular weight is 379 g/mol. The summed E-state index contributed by atoms with van der Waals surface area (Å²) in [5.74, 6) is -0.186. The van der Waals surface area contributed by atoms with Crippen molar-refractivity contribution in [2.75, 3.05) is 21.9 Å². The highest BCUT2D eigenvalue weighted by Crippen LogP contribution is 2.29. The third-order valence-electron chi connectivity index (χ3n) is 4.17. The Morgan fingerprint density at radius 1 is 1.20 bits per heavy atom. The maximum Gasteiger partial charge on any atom is 0.255 e. The van der Waals surface area contributed by atoms with Crippen LogP contribution in [0.25, 0.3) is 0 Å². The van der Waals surface area contributed by atoms with Crippen LogP contribution in [0.3, 0.4) is 0 Å². The Bertz CT molecular complexity index is 918. The molecule has 1 aliphatic heterocycles. The first kappa shape index (κ1) is 17.8. The summed E-state index contributed by atoms with van der Waals surface area (Å²) in [4.78, 5) is 12.6. The van der Waals surface area contributed by atoms with E-state index < -0.39 is 10.0 Å². The second kappa shape index (κ2) is 6.69. The number of hydrogen-bond acceptors (Lipinski definition) is 3. The molecule has 25 heavy (non-hydrogen) atoms. The van der Waals surface area contributed by atoms with E-state index in [1.165, 1.54) is 4.31 Å². The van der Waals surface area contributed by atoms with Crippen LogP contribution in [0.4, 0.5) is 11.4 Å². The lowest BCUT2D eigenvalue weighted by molar-refractivity contribution is 0.102. The molecule has 1 N–H and O–H groups in total. The molecule has 0 radical (unpaired) electrons. The van der Waals surface area contributed by atoms with Crippen LogP contribution in [0, 0.1) is 13.8 Å². The number of nitrogens with zero attached hydrogens (tertiary/aromatic N) is 1. The Hall–Kier alpha value is -2.05. The fraction of sp³-hybridized carbons (Fsp3) is 0.278. The number of hydrogen-bond donors (Lipinski definition) is 1. The molecule has 0 unspecified atom stereocenters. The van der Waals surface area contributed by atoms with E-state index >= 15 is 0 Å². The molecule has 1 heterocycles. The van der Waals surface area contributed by atoms with Crippen LogP contribution in [0.5, 0.6) is 0 Å². The number of carbonyl (C=O) groups is 1. The van der Waals surface area contributed by atoms with Gasteiger partial charge in [-0.25, -0.2) is 8.42 Å². The summed E-state index contributed by atoms with van der Waals surface area (Å²) in [7, 11) is -3.28. The van der Waals surface area contributed by atoms with E-state index in [2.05, 4.69) is 5.32 Å². The van der Waals surface area contributed by atoms with Gasteiger partial charge in [0.15, 0.2) is 0 Å². The van der Waals surface area contributed by atoms with Crippen molar-refractivity contribution in [3.8, 4) is 0 Å². The number of rotatable bonds is 3. The van der Waals surface area contributed by atoms with E-state index in [1.807, 2.05) is 19.9 Å². The lowest BCUT2D eigenvalue weighted by atomic mass is 10.1. The Labute approximate surface area is 152 Å². The van der Waals surface area contributed by atoms with E-state index in [0.717, 1.165) is 11.1 Å². The molecule has 7 heteroatoms. The summed E-state index contributed by atoms with van der Waals surface area (Å²) in [5.41, 5.74) is 3.35. The van der Waals surface area contributed by atoms with Crippen LogP contribution in [0.15, 0.2) is 36.4 Å². The predicted octanol–water partition coefficient (Wildman–Crippen LogP) is 3.75. The van der Waals surface area contributed by atoms with Gasteiger partial charge in [0.05, 0.1) is 22.2 Å². The smallest absolute Gasteiger partial charge is 0.255 e. The molecule has 3 rings (SSSR count).